The molecule has 1 amide bonds. The Hall–Kier alpha value is -1.76. The molecule has 19 heavy (non-hydrogen) atoms. The van der Waals surface area contributed by atoms with Gasteiger partial charge in [-0.05, 0) is 25.1 Å². The number of nitrogens with one attached hydrogen (secondary N) is 1. The van der Waals surface area contributed by atoms with Gasteiger partial charge < -0.3 is 15.8 Å². The van der Waals surface area contributed by atoms with E-state index in [1.54, 1.807) is 6.92 Å². The van der Waals surface area contributed by atoms with Gasteiger partial charge in [0.1, 0.15) is 12.4 Å². The molecule has 0 heterocycles. The molecule has 0 fully saturated rings. The minimum atomic E-state index is -4.59. The second kappa shape index (κ2) is 6.42. The zero-order chi connectivity index (χ0) is 14.5. The Bertz CT molecular complexity index is 447. The summed E-state index contributed by atoms with van der Waals surface area (Å²) in [6, 6.07) is 3.19. The summed E-state index contributed by atoms with van der Waals surface area (Å²) >= 11 is 0. The van der Waals surface area contributed by atoms with Crippen LogP contribution in [0.2, 0.25) is 0 Å². The maximum absolute atomic E-state index is 12.9. The second-order valence-electron chi connectivity index (χ2n) is 3.71. The first-order valence-corrected chi connectivity index (χ1v) is 5.72. The molecule has 3 N–H and O–H groups in total. The van der Waals surface area contributed by atoms with Crippen molar-refractivity contribution in [2.45, 2.75) is 13.1 Å². The molecule has 0 radical (unpaired) electrons. The quantitative estimate of drug-likeness (QED) is 0.861. The van der Waals surface area contributed by atoms with Gasteiger partial charge in [-0.1, -0.05) is 0 Å². The lowest BCUT2D eigenvalue weighted by Gasteiger charge is -2.14. The van der Waals surface area contributed by atoms with Gasteiger partial charge in [0, 0.05) is 18.7 Å². The van der Waals surface area contributed by atoms with Crippen LogP contribution in [0.3, 0.4) is 0 Å². The largest absolute Gasteiger partial charge is 0.492 e. The minimum absolute atomic E-state index is 0.0242. The van der Waals surface area contributed by atoms with Gasteiger partial charge in [-0.15, -0.1) is 0 Å². The van der Waals surface area contributed by atoms with Gasteiger partial charge in [0.05, 0.1) is 5.56 Å². The van der Waals surface area contributed by atoms with Gasteiger partial charge in [-0.2, -0.15) is 13.2 Å². The molecular weight excluding hydrogens is 261 g/mol. The van der Waals surface area contributed by atoms with E-state index in [2.05, 4.69) is 5.32 Å². The highest BCUT2D eigenvalue weighted by Crippen LogP contribution is 2.36. The van der Waals surface area contributed by atoms with Crippen LogP contribution in [0, 0.1) is 0 Å². The molecule has 7 heteroatoms. The molecule has 0 atom stereocenters. The van der Waals surface area contributed by atoms with Crippen molar-refractivity contribution in [1.82, 2.24) is 5.32 Å². The fraction of sp³-hybridized carbons (Fsp3) is 0.417. The lowest BCUT2D eigenvalue weighted by Crippen LogP contribution is -2.23. The number of ether oxygens (including phenoxy) is 1. The minimum Gasteiger partial charge on any atom is -0.492 e. The van der Waals surface area contributed by atoms with Crippen LogP contribution in [0.5, 0.6) is 5.75 Å². The van der Waals surface area contributed by atoms with Gasteiger partial charge in [-0.3, -0.25) is 4.79 Å². The fourth-order valence-electron chi connectivity index (χ4n) is 1.45. The maximum Gasteiger partial charge on any atom is 0.419 e. The highest BCUT2D eigenvalue weighted by molar-refractivity contribution is 5.94. The Labute approximate surface area is 108 Å². The van der Waals surface area contributed by atoms with E-state index in [4.69, 9.17) is 10.5 Å². The van der Waals surface area contributed by atoms with E-state index in [9.17, 15) is 18.0 Å². The summed E-state index contributed by atoms with van der Waals surface area (Å²) in [5.41, 5.74) is 4.14. The third-order valence-corrected chi connectivity index (χ3v) is 2.26. The molecule has 4 nitrogen and oxygen atoms in total. The van der Waals surface area contributed by atoms with Crippen molar-refractivity contribution < 1.29 is 22.7 Å². The molecule has 0 aliphatic heterocycles. The van der Waals surface area contributed by atoms with E-state index in [1.165, 1.54) is 6.07 Å². The van der Waals surface area contributed by atoms with Crippen molar-refractivity contribution >= 4 is 5.91 Å². The molecule has 1 rings (SSSR count). The number of alkyl halides is 3. The van der Waals surface area contributed by atoms with Crippen molar-refractivity contribution in [3.05, 3.63) is 29.3 Å². The summed E-state index contributed by atoms with van der Waals surface area (Å²) in [6.45, 7) is 2.10. The first-order chi connectivity index (χ1) is 8.90. The van der Waals surface area contributed by atoms with Crippen molar-refractivity contribution in [2.75, 3.05) is 19.7 Å². The molecular formula is C12H15F3N2O2. The molecule has 106 valence electrons. The smallest absolute Gasteiger partial charge is 0.419 e. The third kappa shape index (κ3) is 4.13. The van der Waals surface area contributed by atoms with Gasteiger partial charge in [0.15, 0.2) is 0 Å². The average Bonchev–Trinajstić information content (AvgIpc) is 2.35. The van der Waals surface area contributed by atoms with E-state index in [1.807, 2.05) is 0 Å². The lowest BCUT2D eigenvalue weighted by atomic mass is 10.1. The van der Waals surface area contributed by atoms with Gasteiger partial charge >= 0.3 is 6.18 Å². The molecule has 0 saturated carbocycles. The van der Waals surface area contributed by atoms with Crippen LogP contribution in [0.25, 0.3) is 0 Å². The summed E-state index contributed by atoms with van der Waals surface area (Å²) in [7, 11) is 0. The highest BCUT2D eigenvalue weighted by Gasteiger charge is 2.35. The second-order valence-corrected chi connectivity index (χ2v) is 3.71. The zero-order valence-electron chi connectivity index (χ0n) is 10.4. The van der Waals surface area contributed by atoms with E-state index < -0.39 is 17.6 Å². The predicted octanol–water partition coefficient (Wildman–Crippen LogP) is 1.79. The molecule has 1 aromatic rings. The Kier molecular flexibility index (Phi) is 5.17. The third-order valence-electron chi connectivity index (χ3n) is 2.26. The van der Waals surface area contributed by atoms with Gasteiger partial charge in [0.25, 0.3) is 5.91 Å². The van der Waals surface area contributed by atoms with Crippen molar-refractivity contribution in [2.24, 2.45) is 5.73 Å². The Morgan fingerprint density at radius 2 is 2.11 bits per heavy atom. The molecule has 0 bridgehead atoms. The van der Waals surface area contributed by atoms with Gasteiger partial charge in [0.2, 0.25) is 0 Å². The lowest BCUT2D eigenvalue weighted by molar-refractivity contribution is -0.138. The summed E-state index contributed by atoms with van der Waals surface area (Å²) in [5, 5.41) is 2.44. The first-order valence-electron chi connectivity index (χ1n) is 5.72. The Morgan fingerprint density at radius 1 is 1.42 bits per heavy atom. The Balaban J connectivity index is 3.12. The maximum atomic E-state index is 12.9. The highest BCUT2D eigenvalue weighted by atomic mass is 19.4. The summed E-state index contributed by atoms with van der Waals surface area (Å²) in [4.78, 5) is 11.5. The number of carbonyl (C=O) groups is 1. The number of halogens is 3. The summed E-state index contributed by atoms with van der Waals surface area (Å²) in [6.07, 6.45) is -4.59. The van der Waals surface area contributed by atoms with E-state index >= 15 is 0 Å². The number of nitrogens with two attached hydrogens (primary N) is 1. The van der Waals surface area contributed by atoms with Crippen LogP contribution in [-0.4, -0.2) is 25.6 Å². The predicted molar refractivity (Wildman–Crippen MR) is 64.0 cm³/mol. The normalized spacial score (nSPS) is 11.2. The monoisotopic (exact) mass is 276 g/mol. The molecule has 0 aliphatic carbocycles. The number of carbonyl (C=O) groups excluding carboxylic acids is 1. The number of hydrogen-bond donors (Lipinski definition) is 2. The van der Waals surface area contributed by atoms with Crippen molar-refractivity contribution in [1.29, 1.82) is 0 Å². The first kappa shape index (κ1) is 15.3. The van der Waals surface area contributed by atoms with Crippen molar-refractivity contribution in [3.63, 3.8) is 0 Å². The van der Waals surface area contributed by atoms with Crippen LogP contribution in [0.1, 0.15) is 22.8 Å². The fourth-order valence-corrected chi connectivity index (χ4v) is 1.45. The van der Waals surface area contributed by atoms with E-state index in [0.29, 0.717) is 6.54 Å². The number of benzene rings is 1. The average molecular weight is 276 g/mol. The molecule has 0 aliphatic rings. The number of hydrogen-bond acceptors (Lipinski definition) is 3. The SMILES string of the molecule is CCNC(=O)c1ccc(OCCN)c(C(F)(F)F)c1. The van der Waals surface area contributed by atoms with Crippen molar-refractivity contribution in [3.8, 4) is 5.75 Å². The Morgan fingerprint density at radius 3 is 2.63 bits per heavy atom. The van der Waals surface area contributed by atoms with Crippen LogP contribution in [0.15, 0.2) is 18.2 Å². The number of rotatable bonds is 5. The van der Waals surface area contributed by atoms with E-state index in [-0.39, 0.29) is 24.5 Å². The molecule has 0 saturated heterocycles. The topological polar surface area (TPSA) is 64.3 Å². The van der Waals surface area contributed by atoms with Crippen LogP contribution >= 0.6 is 0 Å². The zero-order valence-corrected chi connectivity index (χ0v) is 10.4. The van der Waals surface area contributed by atoms with Gasteiger partial charge in [-0.25, -0.2) is 0 Å². The summed E-state index contributed by atoms with van der Waals surface area (Å²) < 4.78 is 43.5. The van der Waals surface area contributed by atoms with Crippen LogP contribution in [0.4, 0.5) is 13.2 Å². The van der Waals surface area contributed by atoms with Crippen LogP contribution < -0.4 is 15.8 Å². The molecule has 0 spiro atoms. The summed E-state index contributed by atoms with van der Waals surface area (Å²) in [5.74, 6) is -0.885. The van der Waals surface area contributed by atoms with E-state index in [0.717, 1.165) is 12.1 Å². The molecule has 0 aromatic heterocycles. The molecule has 0 unspecified atom stereocenters. The van der Waals surface area contributed by atoms with Crippen LogP contribution in [-0.2, 0) is 6.18 Å². The standard InChI is InChI=1S/C12H15F3N2O2/c1-2-17-11(18)8-3-4-10(19-6-5-16)9(7-8)12(13,14)15/h3-4,7H,2,5-6,16H2,1H3,(H,17,18). The molecule has 1 aromatic carbocycles. The number of amides is 1.